The number of hydrogen-bond donors (Lipinski definition) is 0. The van der Waals surface area contributed by atoms with E-state index in [4.69, 9.17) is 16.3 Å². The van der Waals surface area contributed by atoms with Crippen LogP contribution in [0.2, 0.25) is 5.02 Å². The molecule has 4 rings (SSSR count). The fourth-order valence-electron chi connectivity index (χ4n) is 3.02. The van der Waals surface area contributed by atoms with E-state index in [1.165, 1.54) is 4.31 Å². The Labute approximate surface area is 162 Å². The van der Waals surface area contributed by atoms with Crippen molar-refractivity contribution in [2.45, 2.75) is 17.4 Å². The van der Waals surface area contributed by atoms with Gasteiger partial charge in [0.05, 0.1) is 28.4 Å². The number of ether oxygens (including phenoxy) is 1. The summed E-state index contributed by atoms with van der Waals surface area (Å²) in [7, 11) is -3.58. The molecule has 0 amide bonds. The molecular weight excluding hydrogens is 388 g/mol. The summed E-state index contributed by atoms with van der Waals surface area (Å²) >= 11 is 6.08. The Morgan fingerprint density at radius 2 is 1.74 bits per heavy atom. The topological polar surface area (TPSA) is 77.3 Å². The minimum atomic E-state index is -3.58. The van der Waals surface area contributed by atoms with E-state index < -0.39 is 10.0 Å². The minimum Gasteiger partial charge on any atom is -0.456 e. The SMILES string of the molecule is O=S(=O)(c1ccc(Oc2ccccc2Cl)cc1)N1CC[C@@H](n2nccn2)C1. The van der Waals surface area contributed by atoms with Gasteiger partial charge in [0.15, 0.2) is 0 Å². The molecule has 1 aliphatic heterocycles. The smallest absolute Gasteiger partial charge is 0.243 e. The molecule has 0 aliphatic carbocycles. The summed E-state index contributed by atoms with van der Waals surface area (Å²) in [6.07, 6.45) is 3.87. The fourth-order valence-corrected chi connectivity index (χ4v) is 4.68. The van der Waals surface area contributed by atoms with Gasteiger partial charge >= 0.3 is 0 Å². The second-order valence-electron chi connectivity index (χ2n) is 6.16. The van der Waals surface area contributed by atoms with Crippen LogP contribution in [-0.4, -0.2) is 40.8 Å². The molecule has 2 heterocycles. The summed E-state index contributed by atoms with van der Waals surface area (Å²) in [6.45, 7) is 0.793. The number of hydrogen-bond acceptors (Lipinski definition) is 5. The maximum Gasteiger partial charge on any atom is 0.243 e. The highest BCUT2D eigenvalue weighted by atomic mass is 35.5. The molecule has 0 bridgehead atoms. The zero-order chi connectivity index (χ0) is 18.9. The first-order chi connectivity index (χ1) is 13.0. The van der Waals surface area contributed by atoms with Crippen molar-refractivity contribution in [2.24, 2.45) is 0 Å². The number of aromatic nitrogens is 3. The molecule has 9 heteroatoms. The highest BCUT2D eigenvalue weighted by Crippen LogP contribution is 2.31. The van der Waals surface area contributed by atoms with E-state index in [0.29, 0.717) is 36.0 Å². The molecule has 1 aromatic heterocycles. The van der Waals surface area contributed by atoms with E-state index in [-0.39, 0.29) is 10.9 Å². The van der Waals surface area contributed by atoms with Crippen molar-refractivity contribution in [3.05, 3.63) is 65.9 Å². The first-order valence-corrected chi connectivity index (χ1v) is 10.2. The Morgan fingerprint density at radius 1 is 1.04 bits per heavy atom. The Balaban J connectivity index is 1.49. The molecule has 0 unspecified atom stereocenters. The van der Waals surface area contributed by atoms with E-state index >= 15 is 0 Å². The molecule has 3 aromatic rings. The molecule has 0 N–H and O–H groups in total. The summed E-state index contributed by atoms with van der Waals surface area (Å²) in [4.78, 5) is 1.79. The van der Waals surface area contributed by atoms with Crippen LogP contribution in [0, 0.1) is 0 Å². The summed E-state index contributed by atoms with van der Waals surface area (Å²) in [5.74, 6) is 1.03. The van der Waals surface area contributed by atoms with E-state index in [2.05, 4.69) is 10.2 Å². The minimum absolute atomic E-state index is 0.0439. The van der Waals surface area contributed by atoms with Crippen molar-refractivity contribution in [3.8, 4) is 11.5 Å². The van der Waals surface area contributed by atoms with Crippen LogP contribution in [0.15, 0.2) is 65.8 Å². The number of rotatable bonds is 5. The van der Waals surface area contributed by atoms with E-state index in [0.717, 1.165) is 0 Å². The lowest BCUT2D eigenvalue weighted by Crippen LogP contribution is -2.29. The van der Waals surface area contributed by atoms with E-state index in [1.807, 2.05) is 12.1 Å². The molecule has 2 aromatic carbocycles. The maximum absolute atomic E-state index is 12.9. The highest BCUT2D eigenvalue weighted by molar-refractivity contribution is 7.89. The molecule has 140 valence electrons. The summed E-state index contributed by atoms with van der Waals surface area (Å²) < 4.78 is 32.9. The molecule has 0 spiro atoms. The Kier molecular flexibility index (Phi) is 4.86. The van der Waals surface area contributed by atoms with Gasteiger partial charge in [0.1, 0.15) is 11.5 Å². The zero-order valence-electron chi connectivity index (χ0n) is 14.3. The fraction of sp³-hybridized carbons (Fsp3) is 0.222. The monoisotopic (exact) mass is 404 g/mol. The first-order valence-electron chi connectivity index (χ1n) is 8.42. The van der Waals surface area contributed by atoms with Crippen LogP contribution in [0.5, 0.6) is 11.5 Å². The van der Waals surface area contributed by atoms with Gasteiger partial charge in [-0.3, -0.25) is 0 Å². The van der Waals surface area contributed by atoms with E-state index in [9.17, 15) is 8.42 Å². The number of halogens is 1. The standard InChI is InChI=1S/C18H17ClN4O3S/c19-17-3-1-2-4-18(17)26-15-5-7-16(8-6-15)27(24,25)22-12-9-14(13-22)23-20-10-11-21-23/h1-8,10-11,14H,9,12-13H2/t14-/m1/s1. The average Bonchev–Trinajstić information content (AvgIpc) is 3.36. The van der Waals surface area contributed by atoms with Crippen LogP contribution in [0.1, 0.15) is 12.5 Å². The molecule has 1 fully saturated rings. The maximum atomic E-state index is 12.9. The molecular formula is C18H17ClN4O3S. The normalized spacial score (nSPS) is 17.9. The Morgan fingerprint density at radius 3 is 2.44 bits per heavy atom. The molecule has 27 heavy (non-hydrogen) atoms. The van der Waals surface area contributed by atoms with Crippen molar-refractivity contribution < 1.29 is 13.2 Å². The van der Waals surface area contributed by atoms with Gasteiger partial charge in [-0.15, -0.1) is 0 Å². The predicted molar refractivity (Wildman–Crippen MR) is 100 cm³/mol. The van der Waals surface area contributed by atoms with Crippen molar-refractivity contribution >= 4 is 21.6 Å². The van der Waals surface area contributed by atoms with Crippen LogP contribution in [-0.2, 0) is 10.0 Å². The molecule has 7 nitrogen and oxygen atoms in total. The van der Waals surface area contributed by atoms with Crippen LogP contribution < -0.4 is 4.74 Å². The predicted octanol–water partition coefficient (Wildman–Crippen LogP) is 3.36. The zero-order valence-corrected chi connectivity index (χ0v) is 15.8. The third kappa shape index (κ3) is 3.69. The summed E-state index contributed by atoms with van der Waals surface area (Å²) in [5, 5.41) is 8.70. The second-order valence-corrected chi connectivity index (χ2v) is 8.50. The number of nitrogens with zero attached hydrogens (tertiary/aromatic N) is 4. The number of benzene rings is 2. The number of para-hydroxylation sites is 1. The van der Waals surface area contributed by atoms with Crippen LogP contribution in [0.25, 0.3) is 0 Å². The second kappa shape index (κ2) is 7.30. The van der Waals surface area contributed by atoms with Crippen molar-refractivity contribution in [1.82, 2.24) is 19.3 Å². The lowest BCUT2D eigenvalue weighted by Gasteiger charge is -2.17. The van der Waals surface area contributed by atoms with E-state index in [1.54, 1.807) is 53.6 Å². The van der Waals surface area contributed by atoms with Crippen LogP contribution >= 0.6 is 11.6 Å². The van der Waals surface area contributed by atoms with Gasteiger partial charge in [-0.1, -0.05) is 23.7 Å². The summed E-state index contributed by atoms with van der Waals surface area (Å²) in [6, 6.07) is 13.4. The van der Waals surface area contributed by atoms with Crippen LogP contribution in [0.4, 0.5) is 0 Å². The summed E-state index contributed by atoms with van der Waals surface area (Å²) in [5.41, 5.74) is 0. The molecule has 1 saturated heterocycles. The molecule has 0 saturated carbocycles. The third-order valence-corrected chi connectivity index (χ3v) is 6.61. The van der Waals surface area contributed by atoms with Crippen molar-refractivity contribution in [3.63, 3.8) is 0 Å². The van der Waals surface area contributed by atoms with Crippen LogP contribution in [0.3, 0.4) is 0 Å². The van der Waals surface area contributed by atoms with Gasteiger partial charge in [-0.25, -0.2) is 8.42 Å². The van der Waals surface area contributed by atoms with Gasteiger partial charge in [-0.2, -0.15) is 19.3 Å². The van der Waals surface area contributed by atoms with Gasteiger partial charge in [-0.05, 0) is 42.8 Å². The van der Waals surface area contributed by atoms with Crippen molar-refractivity contribution in [1.29, 1.82) is 0 Å². The highest BCUT2D eigenvalue weighted by Gasteiger charge is 2.34. The average molecular weight is 405 g/mol. The molecule has 1 atom stereocenters. The Bertz CT molecular complexity index is 1020. The van der Waals surface area contributed by atoms with Gasteiger partial charge in [0.25, 0.3) is 0 Å². The molecule has 0 radical (unpaired) electrons. The Hall–Kier alpha value is -2.42. The third-order valence-electron chi connectivity index (χ3n) is 4.42. The van der Waals surface area contributed by atoms with Crippen molar-refractivity contribution in [2.75, 3.05) is 13.1 Å². The first kappa shape index (κ1) is 18.0. The lowest BCUT2D eigenvalue weighted by atomic mass is 10.3. The molecule has 1 aliphatic rings. The quantitative estimate of drug-likeness (QED) is 0.651. The van der Waals surface area contributed by atoms with Gasteiger partial charge in [0, 0.05) is 13.1 Å². The number of sulfonamides is 1. The largest absolute Gasteiger partial charge is 0.456 e. The lowest BCUT2D eigenvalue weighted by molar-refractivity contribution is 0.402. The van der Waals surface area contributed by atoms with Gasteiger partial charge in [0.2, 0.25) is 10.0 Å². The van der Waals surface area contributed by atoms with Gasteiger partial charge < -0.3 is 4.74 Å².